The average molecular weight is 236 g/mol. The average Bonchev–Trinajstić information content (AvgIpc) is 2.10. The lowest BCUT2D eigenvalue weighted by Crippen LogP contribution is -2.01. The van der Waals surface area contributed by atoms with Crippen LogP contribution in [0.3, 0.4) is 0 Å². The number of alkyl halides is 1. The molecule has 0 saturated carbocycles. The Balaban J connectivity index is 3.09. The molecule has 1 aromatic heterocycles. The fraction of sp³-hybridized carbons (Fsp3) is 0.250. The second kappa shape index (κ2) is 4.66. The molecule has 68 valence electrons. The van der Waals surface area contributed by atoms with Gasteiger partial charge in [0.15, 0.2) is 0 Å². The van der Waals surface area contributed by atoms with Gasteiger partial charge in [0.2, 0.25) is 0 Å². The Kier molecular flexibility index (Phi) is 3.80. The van der Waals surface area contributed by atoms with Gasteiger partial charge in [0.25, 0.3) is 0 Å². The van der Waals surface area contributed by atoms with Gasteiger partial charge in [-0.25, -0.2) is 0 Å². The van der Waals surface area contributed by atoms with Crippen LogP contribution in [0.2, 0.25) is 10.0 Å². The predicted molar refractivity (Wildman–Crippen MR) is 53.3 cm³/mol. The highest BCUT2D eigenvalue weighted by atomic mass is 35.5. The van der Waals surface area contributed by atoms with Crippen LogP contribution in [0.1, 0.15) is 11.6 Å². The molecule has 0 aromatic carbocycles. The molecule has 1 unspecified atom stereocenters. The van der Waals surface area contributed by atoms with Gasteiger partial charge in [-0.2, -0.15) is 5.26 Å². The number of pyridine rings is 1. The fourth-order valence-corrected chi connectivity index (χ4v) is 1.58. The first-order valence-corrected chi connectivity index (χ1v) is 4.74. The van der Waals surface area contributed by atoms with E-state index in [1.54, 1.807) is 6.07 Å². The number of halogens is 3. The quantitative estimate of drug-likeness (QED) is 0.738. The molecule has 1 rings (SSSR count). The first-order valence-electron chi connectivity index (χ1n) is 3.45. The molecule has 0 saturated heterocycles. The highest BCUT2D eigenvalue weighted by Gasteiger charge is 2.14. The lowest BCUT2D eigenvalue weighted by atomic mass is 10.1. The van der Waals surface area contributed by atoms with Gasteiger partial charge in [-0.3, -0.25) is 4.98 Å². The molecule has 0 radical (unpaired) electrons. The van der Waals surface area contributed by atoms with E-state index < -0.39 is 5.92 Å². The van der Waals surface area contributed by atoms with Crippen molar-refractivity contribution in [2.45, 2.75) is 5.92 Å². The molecule has 0 aliphatic rings. The molecule has 2 nitrogen and oxygen atoms in total. The molecular weight excluding hydrogens is 230 g/mol. The van der Waals surface area contributed by atoms with Gasteiger partial charge in [-0.05, 0) is 6.07 Å². The van der Waals surface area contributed by atoms with Crippen LogP contribution in [-0.2, 0) is 0 Å². The van der Waals surface area contributed by atoms with Crippen LogP contribution in [0.5, 0.6) is 0 Å². The minimum absolute atomic E-state index is 0.171. The van der Waals surface area contributed by atoms with Crippen molar-refractivity contribution in [2.75, 3.05) is 5.88 Å². The summed E-state index contributed by atoms with van der Waals surface area (Å²) in [6.07, 6.45) is 1.44. The van der Waals surface area contributed by atoms with Crippen molar-refractivity contribution in [3.05, 3.63) is 28.0 Å². The molecule has 0 amide bonds. The summed E-state index contributed by atoms with van der Waals surface area (Å²) in [5, 5.41) is 9.53. The number of nitrogens with zero attached hydrogens (tertiary/aromatic N) is 2. The highest BCUT2D eigenvalue weighted by molar-refractivity contribution is 6.34. The Labute approximate surface area is 91.0 Å². The Morgan fingerprint density at radius 1 is 1.54 bits per heavy atom. The second-order valence-electron chi connectivity index (χ2n) is 2.36. The van der Waals surface area contributed by atoms with Gasteiger partial charge in [0.05, 0.1) is 21.8 Å². The maximum atomic E-state index is 8.71. The van der Waals surface area contributed by atoms with Crippen molar-refractivity contribution in [1.29, 1.82) is 5.26 Å². The maximum absolute atomic E-state index is 8.71. The van der Waals surface area contributed by atoms with Crippen molar-refractivity contribution in [1.82, 2.24) is 4.98 Å². The highest BCUT2D eigenvalue weighted by Crippen LogP contribution is 2.25. The van der Waals surface area contributed by atoms with Gasteiger partial charge >= 0.3 is 0 Å². The summed E-state index contributed by atoms with van der Waals surface area (Å²) in [5.74, 6) is -0.309. The SMILES string of the molecule is N#CC(CCl)c1ncc(Cl)cc1Cl. The molecule has 13 heavy (non-hydrogen) atoms. The molecule has 0 fully saturated rings. The Morgan fingerprint density at radius 2 is 2.23 bits per heavy atom. The smallest absolute Gasteiger partial charge is 0.103 e. The third-order valence-corrected chi connectivity index (χ3v) is 2.29. The standard InChI is InChI=1S/C8H5Cl3N2/c9-2-5(3-12)8-7(11)1-6(10)4-13-8/h1,4-5H,2H2. The van der Waals surface area contributed by atoms with Crippen molar-refractivity contribution in [3.8, 4) is 6.07 Å². The van der Waals surface area contributed by atoms with Crippen LogP contribution in [-0.4, -0.2) is 10.9 Å². The maximum Gasteiger partial charge on any atom is 0.103 e. The largest absolute Gasteiger partial charge is 0.257 e. The van der Waals surface area contributed by atoms with E-state index in [0.29, 0.717) is 15.7 Å². The van der Waals surface area contributed by atoms with E-state index >= 15 is 0 Å². The zero-order chi connectivity index (χ0) is 9.84. The topological polar surface area (TPSA) is 36.7 Å². The summed E-state index contributed by atoms with van der Waals surface area (Å²) in [6.45, 7) is 0. The number of hydrogen-bond donors (Lipinski definition) is 0. The van der Waals surface area contributed by atoms with E-state index in [9.17, 15) is 0 Å². The molecule has 1 heterocycles. The van der Waals surface area contributed by atoms with E-state index in [1.807, 2.05) is 6.07 Å². The van der Waals surface area contributed by atoms with Crippen molar-refractivity contribution in [2.24, 2.45) is 0 Å². The van der Waals surface area contributed by atoms with Crippen LogP contribution in [0.15, 0.2) is 12.3 Å². The first kappa shape index (κ1) is 10.6. The lowest BCUT2D eigenvalue weighted by molar-refractivity contribution is 0.928. The van der Waals surface area contributed by atoms with Crippen LogP contribution in [0.4, 0.5) is 0 Å². The van der Waals surface area contributed by atoms with Gasteiger partial charge in [0, 0.05) is 12.1 Å². The molecule has 0 aliphatic heterocycles. The van der Waals surface area contributed by atoms with E-state index in [-0.39, 0.29) is 5.88 Å². The van der Waals surface area contributed by atoms with E-state index in [1.165, 1.54) is 6.20 Å². The van der Waals surface area contributed by atoms with Crippen LogP contribution in [0, 0.1) is 11.3 Å². The monoisotopic (exact) mass is 234 g/mol. The van der Waals surface area contributed by atoms with Crippen molar-refractivity contribution in [3.63, 3.8) is 0 Å². The zero-order valence-electron chi connectivity index (χ0n) is 6.47. The van der Waals surface area contributed by atoms with E-state index in [2.05, 4.69) is 4.98 Å². The van der Waals surface area contributed by atoms with Crippen molar-refractivity contribution < 1.29 is 0 Å². The normalized spacial score (nSPS) is 12.2. The first-order chi connectivity index (χ1) is 6.19. The van der Waals surface area contributed by atoms with E-state index in [0.717, 1.165) is 0 Å². The molecular formula is C8H5Cl3N2. The molecule has 0 N–H and O–H groups in total. The number of rotatable bonds is 2. The fourth-order valence-electron chi connectivity index (χ4n) is 0.850. The Hall–Kier alpha value is -0.490. The Morgan fingerprint density at radius 3 is 2.69 bits per heavy atom. The molecule has 1 atom stereocenters. The summed E-state index contributed by atoms with van der Waals surface area (Å²) in [4.78, 5) is 3.95. The van der Waals surface area contributed by atoms with Gasteiger partial charge in [-0.1, -0.05) is 23.2 Å². The minimum Gasteiger partial charge on any atom is -0.257 e. The summed E-state index contributed by atoms with van der Waals surface area (Å²) in [6, 6.07) is 3.55. The van der Waals surface area contributed by atoms with Gasteiger partial charge in [0.1, 0.15) is 5.92 Å². The predicted octanol–water partition coefficient (Wildman–Crippen LogP) is 3.23. The van der Waals surface area contributed by atoms with E-state index in [4.69, 9.17) is 40.1 Å². The summed E-state index contributed by atoms with van der Waals surface area (Å²) >= 11 is 17.0. The summed E-state index contributed by atoms with van der Waals surface area (Å²) < 4.78 is 0. The van der Waals surface area contributed by atoms with Crippen LogP contribution in [0.25, 0.3) is 0 Å². The molecule has 0 spiro atoms. The molecule has 1 aromatic rings. The van der Waals surface area contributed by atoms with Gasteiger partial charge < -0.3 is 0 Å². The lowest BCUT2D eigenvalue weighted by Gasteiger charge is -2.05. The molecule has 0 aliphatic carbocycles. The van der Waals surface area contributed by atoms with Crippen LogP contribution >= 0.6 is 34.8 Å². The Bertz CT molecular complexity index is 346. The number of aromatic nitrogens is 1. The van der Waals surface area contributed by atoms with Crippen LogP contribution < -0.4 is 0 Å². The van der Waals surface area contributed by atoms with Gasteiger partial charge in [-0.15, -0.1) is 11.6 Å². The molecule has 0 bridgehead atoms. The second-order valence-corrected chi connectivity index (χ2v) is 3.51. The third-order valence-electron chi connectivity index (χ3n) is 1.48. The third kappa shape index (κ3) is 2.47. The number of hydrogen-bond acceptors (Lipinski definition) is 2. The molecule has 5 heteroatoms. The minimum atomic E-state index is -0.480. The summed E-state index contributed by atoms with van der Waals surface area (Å²) in [7, 11) is 0. The number of nitriles is 1. The summed E-state index contributed by atoms with van der Waals surface area (Å²) in [5.41, 5.74) is 0.476. The van der Waals surface area contributed by atoms with Crippen molar-refractivity contribution >= 4 is 34.8 Å². The zero-order valence-corrected chi connectivity index (χ0v) is 8.74.